The van der Waals surface area contributed by atoms with Crippen molar-refractivity contribution in [2.24, 2.45) is 0 Å². The average Bonchev–Trinajstić information content (AvgIpc) is 2.67. The van der Waals surface area contributed by atoms with Crippen molar-refractivity contribution in [2.75, 3.05) is 0 Å². The Labute approximate surface area is 120 Å². The van der Waals surface area contributed by atoms with E-state index >= 15 is 0 Å². The molecule has 0 unspecified atom stereocenters. The van der Waals surface area contributed by atoms with Crippen LogP contribution >= 0.6 is 0 Å². The van der Waals surface area contributed by atoms with Gasteiger partial charge in [0.15, 0.2) is 23.7 Å². The normalized spacial score (nSPS) is 25.0. The van der Waals surface area contributed by atoms with Gasteiger partial charge in [0.2, 0.25) is 0 Å². The molecule has 2 rings (SSSR count). The highest BCUT2D eigenvalue weighted by atomic mass is 16.6. The molecule has 0 spiro atoms. The smallest absolute Gasteiger partial charge is 0.339 e. The maximum atomic E-state index is 11.6. The topological polar surface area (TPSA) is 113 Å². The van der Waals surface area contributed by atoms with Crippen LogP contribution in [0.1, 0.15) is 12.5 Å². The molecular weight excluding hydrogens is 280 g/mol. The third kappa shape index (κ3) is 3.32. The first-order valence-electron chi connectivity index (χ1n) is 6.17. The first-order valence-corrected chi connectivity index (χ1v) is 6.17. The number of carbonyl (C=O) groups excluding carboxylic acids is 2. The molecule has 7 heteroatoms. The van der Waals surface area contributed by atoms with Crippen LogP contribution < -0.4 is 0 Å². The van der Waals surface area contributed by atoms with Gasteiger partial charge in [-0.2, -0.15) is 0 Å². The molecule has 21 heavy (non-hydrogen) atoms. The molecule has 3 atom stereocenters. The SMILES string of the molecule is C[C@H]1OC(=O)[C@@H](O)[C@@H]1OC(=O)/C=C/c1ccc(O)c(O)c1. The van der Waals surface area contributed by atoms with Crippen LogP contribution in [0.2, 0.25) is 0 Å². The van der Waals surface area contributed by atoms with Crippen LogP contribution in [0.4, 0.5) is 0 Å². The Kier molecular flexibility index (Phi) is 4.13. The van der Waals surface area contributed by atoms with Crippen LogP contribution in [0.5, 0.6) is 11.5 Å². The van der Waals surface area contributed by atoms with Gasteiger partial charge in [-0.05, 0) is 30.7 Å². The lowest BCUT2D eigenvalue weighted by atomic mass is 10.1. The van der Waals surface area contributed by atoms with Crippen LogP contribution in [0.15, 0.2) is 24.3 Å². The molecule has 1 aromatic rings. The van der Waals surface area contributed by atoms with E-state index in [1.54, 1.807) is 0 Å². The number of hydrogen-bond acceptors (Lipinski definition) is 7. The van der Waals surface area contributed by atoms with Gasteiger partial charge in [0, 0.05) is 6.08 Å². The highest BCUT2D eigenvalue weighted by Crippen LogP contribution is 2.25. The number of aromatic hydroxyl groups is 2. The number of benzene rings is 1. The number of carbonyl (C=O) groups is 2. The molecule has 1 aliphatic heterocycles. The van der Waals surface area contributed by atoms with Gasteiger partial charge in [-0.3, -0.25) is 0 Å². The molecular formula is C14H14O7. The Morgan fingerprint density at radius 3 is 2.62 bits per heavy atom. The summed E-state index contributed by atoms with van der Waals surface area (Å²) in [4.78, 5) is 22.7. The molecule has 112 valence electrons. The zero-order valence-corrected chi connectivity index (χ0v) is 11.1. The molecule has 0 saturated carbocycles. The van der Waals surface area contributed by atoms with Crippen molar-refractivity contribution in [3.63, 3.8) is 0 Å². The highest BCUT2D eigenvalue weighted by Gasteiger charge is 2.43. The molecule has 0 amide bonds. The average molecular weight is 294 g/mol. The molecule has 1 saturated heterocycles. The van der Waals surface area contributed by atoms with Crippen LogP contribution in [0, 0.1) is 0 Å². The zero-order valence-electron chi connectivity index (χ0n) is 11.1. The Morgan fingerprint density at radius 2 is 2.05 bits per heavy atom. The number of cyclic esters (lactones) is 1. The van der Waals surface area contributed by atoms with Gasteiger partial charge in [-0.1, -0.05) is 6.07 Å². The van der Waals surface area contributed by atoms with Gasteiger partial charge >= 0.3 is 11.9 Å². The quantitative estimate of drug-likeness (QED) is 0.418. The number of aliphatic hydroxyl groups is 1. The number of phenolic OH excluding ortho intramolecular Hbond substituents is 2. The lowest BCUT2D eigenvalue weighted by molar-refractivity contribution is -0.149. The second-order valence-corrected chi connectivity index (χ2v) is 4.57. The first-order chi connectivity index (χ1) is 9.88. The molecule has 1 heterocycles. The number of rotatable bonds is 3. The summed E-state index contributed by atoms with van der Waals surface area (Å²) in [5.41, 5.74) is 0.467. The van der Waals surface area contributed by atoms with Gasteiger partial charge in [-0.15, -0.1) is 0 Å². The minimum atomic E-state index is -1.49. The highest BCUT2D eigenvalue weighted by molar-refractivity contribution is 5.88. The van der Waals surface area contributed by atoms with E-state index in [4.69, 9.17) is 14.6 Å². The minimum absolute atomic E-state index is 0.270. The van der Waals surface area contributed by atoms with Crippen molar-refractivity contribution in [1.29, 1.82) is 0 Å². The van der Waals surface area contributed by atoms with E-state index in [-0.39, 0.29) is 11.5 Å². The summed E-state index contributed by atoms with van der Waals surface area (Å²) in [6, 6.07) is 4.02. The summed E-state index contributed by atoms with van der Waals surface area (Å²) in [6.07, 6.45) is -0.829. The lowest BCUT2D eigenvalue weighted by Crippen LogP contribution is -2.34. The summed E-state index contributed by atoms with van der Waals surface area (Å²) in [6.45, 7) is 1.51. The fourth-order valence-electron chi connectivity index (χ4n) is 1.85. The largest absolute Gasteiger partial charge is 0.504 e. The van der Waals surface area contributed by atoms with Gasteiger partial charge in [0.1, 0.15) is 6.10 Å². The van der Waals surface area contributed by atoms with Gasteiger partial charge in [0.25, 0.3) is 0 Å². The molecule has 1 fully saturated rings. The summed E-state index contributed by atoms with van der Waals surface area (Å²) in [5.74, 6) is -2.18. The molecule has 1 aliphatic rings. The molecule has 1 aromatic carbocycles. The van der Waals surface area contributed by atoms with E-state index in [0.717, 1.165) is 6.08 Å². The van der Waals surface area contributed by atoms with Crippen molar-refractivity contribution in [1.82, 2.24) is 0 Å². The summed E-state index contributed by atoms with van der Waals surface area (Å²) >= 11 is 0. The van der Waals surface area contributed by atoms with Crippen molar-refractivity contribution in [3.8, 4) is 11.5 Å². The number of esters is 2. The van der Waals surface area contributed by atoms with Crippen LogP contribution in [0.3, 0.4) is 0 Å². The maximum Gasteiger partial charge on any atom is 0.339 e. The van der Waals surface area contributed by atoms with E-state index < -0.39 is 30.3 Å². The molecule has 7 nitrogen and oxygen atoms in total. The third-order valence-electron chi connectivity index (χ3n) is 2.98. The predicted molar refractivity (Wildman–Crippen MR) is 70.2 cm³/mol. The van der Waals surface area contributed by atoms with Crippen molar-refractivity contribution in [3.05, 3.63) is 29.8 Å². The summed E-state index contributed by atoms with van der Waals surface area (Å²) in [7, 11) is 0. The van der Waals surface area contributed by atoms with Crippen LogP contribution in [-0.2, 0) is 19.1 Å². The number of phenols is 2. The maximum absolute atomic E-state index is 11.6. The second-order valence-electron chi connectivity index (χ2n) is 4.57. The number of hydrogen-bond donors (Lipinski definition) is 3. The van der Waals surface area contributed by atoms with Crippen molar-refractivity contribution >= 4 is 18.0 Å². The van der Waals surface area contributed by atoms with Crippen molar-refractivity contribution < 1.29 is 34.4 Å². The number of aliphatic hydroxyl groups excluding tert-OH is 1. The van der Waals surface area contributed by atoms with E-state index in [2.05, 4.69) is 0 Å². The van der Waals surface area contributed by atoms with Gasteiger partial charge < -0.3 is 24.8 Å². The molecule has 3 N–H and O–H groups in total. The van der Waals surface area contributed by atoms with E-state index in [1.165, 1.54) is 31.2 Å². The molecule has 0 radical (unpaired) electrons. The Bertz CT molecular complexity index is 593. The summed E-state index contributed by atoms with van der Waals surface area (Å²) < 4.78 is 9.68. The van der Waals surface area contributed by atoms with Crippen LogP contribution in [-0.4, -0.2) is 45.6 Å². The van der Waals surface area contributed by atoms with Crippen molar-refractivity contribution in [2.45, 2.75) is 25.2 Å². The standard InChI is InChI=1S/C14H14O7/c1-7-13(12(18)14(19)20-7)21-11(17)5-3-8-2-4-9(15)10(16)6-8/h2-7,12-13,15-16,18H,1H3/b5-3+/t7-,12+,13-/m1/s1. The second kappa shape index (κ2) is 5.84. The number of ether oxygens (including phenoxy) is 2. The lowest BCUT2D eigenvalue weighted by Gasteiger charge is -2.14. The minimum Gasteiger partial charge on any atom is -0.504 e. The molecule has 0 aliphatic carbocycles. The fourth-order valence-corrected chi connectivity index (χ4v) is 1.85. The fraction of sp³-hybridized carbons (Fsp3) is 0.286. The van der Waals surface area contributed by atoms with Gasteiger partial charge in [-0.25, -0.2) is 9.59 Å². The van der Waals surface area contributed by atoms with E-state index in [0.29, 0.717) is 5.56 Å². The molecule has 0 aromatic heterocycles. The Hall–Kier alpha value is -2.54. The third-order valence-corrected chi connectivity index (χ3v) is 2.98. The zero-order chi connectivity index (χ0) is 15.6. The monoisotopic (exact) mass is 294 g/mol. The van der Waals surface area contributed by atoms with E-state index in [1.807, 2.05) is 0 Å². The van der Waals surface area contributed by atoms with E-state index in [9.17, 15) is 19.8 Å². The molecule has 0 bridgehead atoms. The first kappa shape index (κ1) is 14.9. The Morgan fingerprint density at radius 1 is 1.33 bits per heavy atom. The van der Waals surface area contributed by atoms with Gasteiger partial charge in [0.05, 0.1) is 0 Å². The van der Waals surface area contributed by atoms with Crippen LogP contribution in [0.25, 0.3) is 6.08 Å². The summed E-state index contributed by atoms with van der Waals surface area (Å²) in [5, 5.41) is 28.0. The Balaban J connectivity index is 1.99. The predicted octanol–water partition coefficient (Wildman–Crippen LogP) is 0.329.